The number of allylic oxidation sites excluding steroid dienone is 6. The second-order valence-corrected chi connectivity index (χ2v) is 12.8. The van der Waals surface area contributed by atoms with Crippen LogP contribution in [-0.2, 0) is 0 Å². The van der Waals surface area contributed by atoms with Crippen molar-refractivity contribution in [2.45, 2.75) is 0 Å². The highest BCUT2D eigenvalue weighted by Crippen LogP contribution is 2.44. The molecular weight excluding hydrogens is 633 g/mol. The molecule has 248 valence electrons. The second kappa shape index (κ2) is 13.7. The third-order valence-corrected chi connectivity index (χ3v) is 9.41. The Kier molecular flexibility index (Phi) is 8.16. The molecule has 0 spiro atoms. The maximum atomic E-state index is 2.37. The first-order valence-corrected chi connectivity index (χ1v) is 17.6. The molecule has 0 saturated heterocycles. The predicted octanol–water partition coefficient (Wildman–Crippen LogP) is 12.1. The highest BCUT2D eigenvalue weighted by atomic mass is 15.2. The number of hydrogen-bond donors (Lipinski definition) is 0. The van der Waals surface area contributed by atoms with E-state index in [2.05, 4.69) is 238 Å². The van der Waals surface area contributed by atoms with Crippen molar-refractivity contribution in [1.29, 1.82) is 0 Å². The maximum Gasteiger partial charge on any atom is 0.0503 e. The summed E-state index contributed by atoms with van der Waals surface area (Å²) in [5, 5.41) is 0. The van der Waals surface area contributed by atoms with Crippen molar-refractivity contribution in [3.63, 3.8) is 0 Å². The Morgan fingerprint density at radius 3 is 0.615 bits per heavy atom. The average molecular weight is 669 g/mol. The molecule has 0 atom stereocenters. The van der Waals surface area contributed by atoms with Gasteiger partial charge in [0.25, 0.3) is 0 Å². The van der Waals surface area contributed by atoms with E-state index in [0.29, 0.717) is 0 Å². The molecule has 9 rings (SSSR count). The van der Waals surface area contributed by atoms with Crippen LogP contribution in [-0.4, -0.2) is 4.90 Å². The Hall–Kier alpha value is -7.04. The summed E-state index contributed by atoms with van der Waals surface area (Å²) in [7, 11) is 0. The van der Waals surface area contributed by atoms with Gasteiger partial charge in [0.2, 0.25) is 0 Å². The molecule has 3 aliphatic heterocycles. The number of rotatable bonds is 9. The molecule has 3 aliphatic rings. The van der Waals surface area contributed by atoms with E-state index >= 15 is 0 Å². The third-order valence-electron chi connectivity index (χ3n) is 9.41. The molecular formula is C48H36N4. The van der Waals surface area contributed by atoms with Crippen LogP contribution in [0.4, 0.5) is 34.1 Å². The minimum Gasteiger partial charge on any atom is -0.310 e. The van der Waals surface area contributed by atoms with Crippen LogP contribution < -0.4 is 14.7 Å². The van der Waals surface area contributed by atoms with Crippen molar-refractivity contribution in [2.75, 3.05) is 14.7 Å². The molecule has 3 heterocycles. The Labute approximate surface area is 305 Å². The molecule has 4 nitrogen and oxygen atoms in total. The second-order valence-electron chi connectivity index (χ2n) is 12.8. The van der Waals surface area contributed by atoms with Crippen LogP contribution in [0.3, 0.4) is 0 Å². The minimum atomic E-state index is 1.07. The average Bonchev–Trinajstić information content (AvgIpc) is 3.21. The van der Waals surface area contributed by atoms with Gasteiger partial charge < -0.3 is 19.6 Å². The SMILES string of the molecule is C1=C2C=C(N(c3ccccc3)c3ccccc3)C=C3C=C(N(c4ccccc4)c4ccccc4)C=C(C=C1N(c1ccccc1)c1ccccc1)N23. The molecule has 6 aromatic carbocycles. The fourth-order valence-corrected chi connectivity index (χ4v) is 7.18. The fraction of sp³-hybridized carbons (Fsp3) is 0. The lowest BCUT2D eigenvalue weighted by atomic mass is 9.98. The van der Waals surface area contributed by atoms with Crippen LogP contribution in [0.25, 0.3) is 0 Å². The molecule has 6 aromatic rings. The zero-order chi connectivity index (χ0) is 34.7. The fourth-order valence-electron chi connectivity index (χ4n) is 7.18. The van der Waals surface area contributed by atoms with Gasteiger partial charge in [-0.25, -0.2) is 0 Å². The molecule has 52 heavy (non-hydrogen) atoms. The van der Waals surface area contributed by atoms with Gasteiger partial charge in [-0.1, -0.05) is 109 Å². The lowest BCUT2D eigenvalue weighted by molar-refractivity contribution is 0.553. The van der Waals surface area contributed by atoms with Crippen molar-refractivity contribution in [3.05, 3.63) is 253 Å². The van der Waals surface area contributed by atoms with E-state index in [1.165, 1.54) is 0 Å². The summed E-state index contributed by atoms with van der Waals surface area (Å²) in [4.78, 5) is 9.39. The molecule has 0 radical (unpaired) electrons. The van der Waals surface area contributed by atoms with Gasteiger partial charge in [0.15, 0.2) is 0 Å². The summed E-state index contributed by atoms with van der Waals surface area (Å²) in [6, 6.07) is 63.7. The van der Waals surface area contributed by atoms with E-state index in [1.54, 1.807) is 0 Å². The largest absolute Gasteiger partial charge is 0.310 e. The first-order valence-electron chi connectivity index (χ1n) is 17.6. The molecule has 4 heteroatoms. The number of anilines is 6. The monoisotopic (exact) mass is 668 g/mol. The van der Waals surface area contributed by atoms with Crippen molar-refractivity contribution in [3.8, 4) is 0 Å². The molecule has 0 saturated carbocycles. The Bertz CT molecular complexity index is 1980. The highest BCUT2D eigenvalue weighted by Gasteiger charge is 2.32. The first kappa shape index (κ1) is 31.0. The van der Waals surface area contributed by atoms with E-state index in [1.807, 2.05) is 0 Å². The van der Waals surface area contributed by atoms with Gasteiger partial charge >= 0.3 is 0 Å². The lowest BCUT2D eigenvalue weighted by Crippen LogP contribution is -2.33. The van der Waals surface area contributed by atoms with E-state index in [0.717, 1.165) is 68.3 Å². The van der Waals surface area contributed by atoms with E-state index in [9.17, 15) is 0 Å². The van der Waals surface area contributed by atoms with Crippen LogP contribution in [0.1, 0.15) is 0 Å². The third kappa shape index (κ3) is 5.93. The number of nitrogens with zero attached hydrogens (tertiary/aromatic N) is 4. The minimum absolute atomic E-state index is 1.07. The summed E-state index contributed by atoms with van der Waals surface area (Å²) in [6.07, 6.45) is 13.9. The van der Waals surface area contributed by atoms with Gasteiger partial charge in [-0.3, -0.25) is 0 Å². The molecule has 0 N–H and O–H groups in total. The summed E-state index contributed by atoms with van der Waals surface area (Å²) >= 11 is 0. The van der Waals surface area contributed by atoms with Crippen LogP contribution >= 0.6 is 0 Å². The smallest absolute Gasteiger partial charge is 0.0503 e. The lowest BCUT2D eigenvalue weighted by Gasteiger charge is -2.41. The van der Waals surface area contributed by atoms with Gasteiger partial charge in [-0.2, -0.15) is 0 Å². The van der Waals surface area contributed by atoms with Crippen molar-refractivity contribution >= 4 is 34.1 Å². The van der Waals surface area contributed by atoms with Crippen molar-refractivity contribution < 1.29 is 0 Å². The van der Waals surface area contributed by atoms with Gasteiger partial charge in [-0.05, 0) is 109 Å². The summed E-state index contributed by atoms with van der Waals surface area (Å²) in [6.45, 7) is 0. The number of benzene rings is 6. The Balaban J connectivity index is 1.28. The molecule has 0 bridgehead atoms. The Morgan fingerprint density at radius 2 is 0.423 bits per heavy atom. The number of hydrogen-bond acceptors (Lipinski definition) is 4. The molecule has 0 unspecified atom stereocenters. The van der Waals surface area contributed by atoms with E-state index in [-0.39, 0.29) is 0 Å². The summed E-state index contributed by atoms with van der Waals surface area (Å²) < 4.78 is 0. The number of para-hydroxylation sites is 6. The van der Waals surface area contributed by atoms with Crippen molar-refractivity contribution in [1.82, 2.24) is 4.90 Å². The van der Waals surface area contributed by atoms with Crippen molar-refractivity contribution in [2.24, 2.45) is 0 Å². The summed E-state index contributed by atoms with van der Waals surface area (Å²) in [5.74, 6) is 0. The van der Waals surface area contributed by atoms with E-state index in [4.69, 9.17) is 0 Å². The Morgan fingerprint density at radius 1 is 0.231 bits per heavy atom. The summed E-state index contributed by atoms with van der Waals surface area (Å²) in [5.41, 5.74) is 13.1. The van der Waals surface area contributed by atoms with E-state index < -0.39 is 0 Å². The van der Waals surface area contributed by atoms with Gasteiger partial charge in [0.05, 0.1) is 34.2 Å². The van der Waals surface area contributed by atoms with Gasteiger partial charge in [-0.15, -0.1) is 0 Å². The van der Waals surface area contributed by atoms with Crippen LogP contribution in [0.5, 0.6) is 0 Å². The zero-order valence-corrected chi connectivity index (χ0v) is 28.6. The zero-order valence-electron chi connectivity index (χ0n) is 28.6. The molecule has 0 aliphatic carbocycles. The normalized spacial score (nSPS) is 14.4. The first-order chi connectivity index (χ1) is 25.8. The van der Waals surface area contributed by atoms with Crippen LogP contribution in [0, 0.1) is 0 Å². The highest BCUT2D eigenvalue weighted by molar-refractivity contribution is 5.78. The van der Waals surface area contributed by atoms with Crippen LogP contribution in [0.2, 0.25) is 0 Å². The molecule has 0 aromatic heterocycles. The topological polar surface area (TPSA) is 13.0 Å². The van der Waals surface area contributed by atoms with Gasteiger partial charge in [0.1, 0.15) is 0 Å². The van der Waals surface area contributed by atoms with Gasteiger partial charge in [0, 0.05) is 34.1 Å². The predicted molar refractivity (Wildman–Crippen MR) is 215 cm³/mol. The maximum absolute atomic E-state index is 2.37. The quantitative estimate of drug-likeness (QED) is 0.152. The van der Waals surface area contributed by atoms with Crippen LogP contribution in [0.15, 0.2) is 253 Å². The molecule has 0 fully saturated rings. The standard InChI is InChI=1S/C48H36N4/c1-7-19-37(20-8-1)49(38-21-9-2-10-22-38)43-31-46-33-44(50(39-23-11-3-12-24-39)40-25-13-4-14-26-40)35-48-36-45(34-47(32-43)52(46)48)51(41-27-15-5-16-28-41)42-29-17-6-18-30-42/h1-36H. The molecule has 0 amide bonds.